The second-order valence-corrected chi connectivity index (χ2v) is 5.91. The van der Waals surface area contributed by atoms with E-state index in [0.29, 0.717) is 4.47 Å². The Morgan fingerprint density at radius 3 is 2.65 bits per heavy atom. The van der Waals surface area contributed by atoms with Crippen LogP contribution in [0.2, 0.25) is 0 Å². The average Bonchev–Trinajstić information content (AvgIpc) is 2.61. The predicted octanol–water partition coefficient (Wildman–Crippen LogP) is 2.74. The fourth-order valence-corrected chi connectivity index (χ4v) is 2.36. The van der Waals surface area contributed by atoms with Gasteiger partial charge in [0.05, 0.1) is 23.7 Å². The van der Waals surface area contributed by atoms with Gasteiger partial charge in [-0.25, -0.2) is 4.79 Å². The van der Waals surface area contributed by atoms with Gasteiger partial charge in [0.15, 0.2) is 6.61 Å². The molecule has 0 saturated heterocycles. The van der Waals surface area contributed by atoms with Gasteiger partial charge in [-0.1, -0.05) is 15.9 Å². The van der Waals surface area contributed by atoms with Gasteiger partial charge in [-0.2, -0.15) is 0 Å². The molecule has 0 heterocycles. The largest absolute Gasteiger partial charge is 0.496 e. The van der Waals surface area contributed by atoms with Crippen LogP contribution < -0.4 is 15.8 Å². The Kier molecular flexibility index (Phi) is 6.12. The SMILES string of the molecule is COc1ccc(NC(=O)COC(=O)c2cc(Br)ccc2N)c([N+](=O)[O-])c1. The van der Waals surface area contributed by atoms with E-state index < -0.39 is 23.4 Å². The highest BCUT2D eigenvalue weighted by Crippen LogP contribution is 2.28. The molecule has 1 amide bonds. The van der Waals surface area contributed by atoms with Crippen molar-refractivity contribution in [2.24, 2.45) is 0 Å². The van der Waals surface area contributed by atoms with Gasteiger partial charge in [0.1, 0.15) is 11.4 Å². The second kappa shape index (κ2) is 8.30. The van der Waals surface area contributed by atoms with Crippen LogP contribution in [0.4, 0.5) is 17.1 Å². The number of carbonyl (C=O) groups excluding carboxylic acids is 2. The van der Waals surface area contributed by atoms with E-state index in [1.807, 2.05) is 0 Å². The Morgan fingerprint density at radius 1 is 1.27 bits per heavy atom. The summed E-state index contributed by atoms with van der Waals surface area (Å²) in [4.78, 5) is 34.4. The van der Waals surface area contributed by atoms with Gasteiger partial charge in [-0.3, -0.25) is 14.9 Å². The van der Waals surface area contributed by atoms with Crippen molar-refractivity contribution < 1.29 is 24.0 Å². The van der Waals surface area contributed by atoms with Gasteiger partial charge in [0.2, 0.25) is 0 Å². The number of nitrogens with two attached hydrogens (primary N) is 1. The molecule has 0 aliphatic heterocycles. The van der Waals surface area contributed by atoms with E-state index in [0.717, 1.165) is 0 Å². The summed E-state index contributed by atoms with van der Waals surface area (Å²) in [6, 6.07) is 8.58. The van der Waals surface area contributed by atoms with Crippen LogP contribution in [0.1, 0.15) is 10.4 Å². The number of esters is 1. The number of nitrogens with zero attached hydrogens (tertiary/aromatic N) is 1. The second-order valence-electron chi connectivity index (χ2n) is 5.00. The highest BCUT2D eigenvalue weighted by Gasteiger charge is 2.19. The number of rotatable bonds is 6. The van der Waals surface area contributed by atoms with Gasteiger partial charge in [0, 0.05) is 10.2 Å². The standard InChI is InChI=1S/C16H14BrN3O6/c1-25-10-3-5-13(14(7-10)20(23)24)19-15(21)8-26-16(22)11-6-9(17)2-4-12(11)18/h2-7H,8,18H2,1H3,(H,19,21). The van der Waals surface area contributed by atoms with Crippen LogP contribution >= 0.6 is 15.9 Å². The van der Waals surface area contributed by atoms with Crippen LogP contribution in [0.3, 0.4) is 0 Å². The maximum Gasteiger partial charge on any atom is 0.340 e. The Balaban J connectivity index is 2.04. The minimum Gasteiger partial charge on any atom is -0.496 e. The number of halogens is 1. The Bertz CT molecular complexity index is 871. The molecule has 2 rings (SSSR count). The Labute approximate surface area is 156 Å². The Morgan fingerprint density at radius 2 is 2.00 bits per heavy atom. The topological polar surface area (TPSA) is 134 Å². The zero-order chi connectivity index (χ0) is 19.3. The fraction of sp³-hybridized carbons (Fsp3) is 0.125. The van der Waals surface area contributed by atoms with Crippen molar-refractivity contribution in [3.05, 3.63) is 56.5 Å². The predicted molar refractivity (Wildman–Crippen MR) is 97.1 cm³/mol. The summed E-state index contributed by atoms with van der Waals surface area (Å²) in [5.41, 5.74) is 5.60. The van der Waals surface area contributed by atoms with Gasteiger partial charge < -0.3 is 20.5 Å². The van der Waals surface area contributed by atoms with E-state index in [4.69, 9.17) is 15.2 Å². The van der Waals surface area contributed by atoms with Crippen molar-refractivity contribution in [1.29, 1.82) is 0 Å². The van der Waals surface area contributed by atoms with Crippen molar-refractivity contribution >= 4 is 44.9 Å². The van der Waals surface area contributed by atoms with Crippen LogP contribution in [0.15, 0.2) is 40.9 Å². The monoisotopic (exact) mass is 423 g/mol. The van der Waals surface area contributed by atoms with Crippen molar-refractivity contribution in [2.75, 3.05) is 24.8 Å². The number of hydrogen-bond acceptors (Lipinski definition) is 7. The number of benzene rings is 2. The first-order valence-electron chi connectivity index (χ1n) is 7.16. The normalized spacial score (nSPS) is 10.1. The average molecular weight is 424 g/mol. The maximum atomic E-state index is 12.0. The summed E-state index contributed by atoms with van der Waals surface area (Å²) in [5, 5.41) is 13.4. The summed E-state index contributed by atoms with van der Waals surface area (Å²) in [5.74, 6) is -1.25. The zero-order valence-electron chi connectivity index (χ0n) is 13.5. The van der Waals surface area contributed by atoms with Gasteiger partial charge in [-0.15, -0.1) is 0 Å². The third kappa shape index (κ3) is 4.70. The molecule has 9 nitrogen and oxygen atoms in total. The van der Waals surface area contributed by atoms with E-state index >= 15 is 0 Å². The molecule has 3 N–H and O–H groups in total. The molecule has 0 radical (unpaired) electrons. The molecule has 0 spiro atoms. The number of ether oxygens (including phenoxy) is 2. The minimum absolute atomic E-state index is 0.0428. The first-order chi connectivity index (χ1) is 12.3. The first-order valence-corrected chi connectivity index (χ1v) is 7.95. The molecule has 10 heteroatoms. The number of amides is 1. The molecule has 0 aliphatic carbocycles. The Hall–Kier alpha value is -3.14. The molecule has 136 valence electrons. The van der Waals surface area contributed by atoms with Crippen LogP contribution in [-0.2, 0) is 9.53 Å². The molecule has 0 bridgehead atoms. The van der Waals surface area contributed by atoms with Crippen LogP contribution in [0.25, 0.3) is 0 Å². The molecule has 0 aliphatic rings. The smallest absolute Gasteiger partial charge is 0.340 e. The lowest BCUT2D eigenvalue weighted by Crippen LogP contribution is -2.21. The number of anilines is 2. The maximum absolute atomic E-state index is 12.0. The fourth-order valence-electron chi connectivity index (χ4n) is 2.00. The summed E-state index contributed by atoms with van der Waals surface area (Å²) in [6.45, 7) is -0.631. The highest BCUT2D eigenvalue weighted by molar-refractivity contribution is 9.10. The summed E-state index contributed by atoms with van der Waals surface area (Å²) >= 11 is 3.21. The minimum atomic E-state index is -0.789. The quantitative estimate of drug-likeness (QED) is 0.315. The molecule has 0 saturated carbocycles. The molecule has 0 fully saturated rings. The lowest BCUT2D eigenvalue weighted by molar-refractivity contribution is -0.384. The third-order valence-corrected chi connectivity index (χ3v) is 3.74. The summed E-state index contributed by atoms with van der Waals surface area (Å²) < 4.78 is 10.4. The van der Waals surface area contributed by atoms with Crippen LogP contribution in [0.5, 0.6) is 5.75 Å². The van der Waals surface area contributed by atoms with E-state index in [1.54, 1.807) is 6.07 Å². The number of methoxy groups -OCH3 is 1. The third-order valence-electron chi connectivity index (χ3n) is 3.25. The van der Waals surface area contributed by atoms with Crippen LogP contribution in [-0.4, -0.2) is 30.5 Å². The number of nitro benzene ring substituents is 1. The molecule has 0 atom stereocenters. The lowest BCUT2D eigenvalue weighted by atomic mass is 10.2. The van der Waals surface area contributed by atoms with Crippen molar-refractivity contribution in [1.82, 2.24) is 0 Å². The zero-order valence-corrected chi connectivity index (χ0v) is 15.1. The molecule has 2 aromatic rings. The van der Waals surface area contributed by atoms with E-state index in [2.05, 4.69) is 21.2 Å². The van der Waals surface area contributed by atoms with Crippen molar-refractivity contribution in [3.63, 3.8) is 0 Å². The van der Waals surface area contributed by atoms with E-state index in [1.165, 1.54) is 37.4 Å². The molecule has 26 heavy (non-hydrogen) atoms. The number of nitro groups is 1. The highest BCUT2D eigenvalue weighted by atomic mass is 79.9. The molecule has 0 aromatic heterocycles. The molecular weight excluding hydrogens is 410 g/mol. The van der Waals surface area contributed by atoms with Crippen molar-refractivity contribution in [3.8, 4) is 5.75 Å². The van der Waals surface area contributed by atoms with Gasteiger partial charge in [0.25, 0.3) is 11.6 Å². The van der Waals surface area contributed by atoms with E-state index in [9.17, 15) is 19.7 Å². The molecule has 0 unspecified atom stereocenters. The molecule has 2 aromatic carbocycles. The van der Waals surface area contributed by atoms with Gasteiger partial charge in [-0.05, 0) is 30.3 Å². The number of hydrogen-bond donors (Lipinski definition) is 2. The summed E-state index contributed by atoms with van der Waals surface area (Å²) in [6.07, 6.45) is 0. The molecular formula is C16H14BrN3O6. The number of carbonyl (C=O) groups is 2. The van der Waals surface area contributed by atoms with Crippen molar-refractivity contribution in [2.45, 2.75) is 0 Å². The van der Waals surface area contributed by atoms with E-state index in [-0.39, 0.29) is 28.4 Å². The first kappa shape index (κ1) is 19.2. The summed E-state index contributed by atoms with van der Waals surface area (Å²) in [7, 11) is 1.37. The van der Waals surface area contributed by atoms with Crippen LogP contribution in [0, 0.1) is 10.1 Å². The van der Waals surface area contributed by atoms with Gasteiger partial charge >= 0.3 is 5.97 Å². The lowest BCUT2D eigenvalue weighted by Gasteiger charge is -2.09. The number of nitrogens with one attached hydrogen (secondary N) is 1. The number of nitrogen functional groups attached to an aromatic ring is 1.